The van der Waals surface area contributed by atoms with Gasteiger partial charge in [0.1, 0.15) is 0 Å². The standard InChI is InChI=1S/C17H21N3O.2ClH/c21-17-15(12-19-9-6-18-7-10-19)11-14-4-1-3-13-5-2-8-20(17)16(13)14;;/h1,3-4,11,18H,2,5-10,12H2;2*1H. The van der Waals surface area contributed by atoms with Crippen molar-refractivity contribution in [2.45, 2.75) is 25.9 Å². The van der Waals surface area contributed by atoms with Gasteiger partial charge < -0.3 is 9.88 Å². The van der Waals surface area contributed by atoms with Crippen LogP contribution in [0.5, 0.6) is 0 Å². The molecule has 4 nitrogen and oxygen atoms in total. The summed E-state index contributed by atoms with van der Waals surface area (Å²) < 4.78 is 2.01. The van der Waals surface area contributed by atoms with Crippen LogP contribution < -0.4 is 10.9 Å². The van der Waals surface area contributed by atoms with E-state index >= 15 is 0 Å². The van der Waals surface area contributed by atoms with E-state index in [-0.39, 0.29) is 30.4 Å². The molecule has 0 atom stereocenters. The fourth-order valence-corrected chi connectivity index (χ4v) is 3.65. The van der Waals surface area contributed by atoms with Crippen LogP contribution >= 0.6 is 24.8 Å². The average Bonchev–Trinajstić information content (AvgIpc) is 2.53. The van der Waals surface area contributed by atoms with Gasteiger partial charge in [-0.15, -0.1) is 24.8 Å². The molecule has 0 bridgehead atoms. The van der Waals surface area contributed by atoms with Gasteiger partial charge in [0.15, 0.2) is 0 Å². The molecule has 6 heteroatoms. The predicted octanol–water partition coefficient (Wildman–Crippen LogP) is 2.20. The van der Waals surface area contributed by atoms with Crippen molar-refractivity contribution < 1.29 is 0 Å². The molecule has 1 aromatic carbocycles. The quantitative estimate of drug-likeness (QED) is 0.897. The zero-order valence-corrected chi connectivity index (χ0v) is 14.7. The first-order valence-corrected chi connectivity index (χ1v) is 7.90. The van der Waals surface area contributed by atoms with Gasteiger partial charge in [-0.05, 0) is 29.9 Å². The van der Waals surface area contributed by atoms with Gasteiger partial charge in [0.2, 0.25) is 0 Å². The van der Waals surface area contributed by atoms with Crippen LogP contribution in [0.4, 0.5) is 0 Å². The number of pyridine rings is 1. The third kappa shape index (κ3) is 3.41. The van der Waals surface area contributed by atoms with Gasteiger partial charge in [-0.25, -0.2) is 0 Å². The lowest BCUT2D eigenvalue weighted by molar-refractivity contribution is 0.232. The van der Waals surface area contributed by atoms with E-state index in [1.54, 1.807) is 0 Å². The molecule has 2 aliphatic rings. The first-order chi connectivity index (χ1) is 10.3. The van der Waals surface area contributed by atoms with Crippen molar-refractivity contribution in [3.05, 3.63) is 45.7 Å². The maximum atomic E-state index is 12.8. The second-order valence-corrected chi connectivity index (χ2v) is 6.11. The van der Waals surface area contributed by atoms with Crippen molar-refractivity contribution in [2.75, 3.05) is 26.2 Å². The number of nitrogens with zero attached hydrogens (tertiary/aromatic N) is 2. The molecule has 0 radical (unpaired) electrons. The largest absolute Gasteiger partial charge is 0.314 e. The summed E-state index contributed by atoms with van der Waals surface area (Å²) in [5.41, 5.74) is 3.65. The third-order valence-electron chi connectivity index (χ3n) is 4.70. The van der Waals surface area contributed by atoms with Crippen molar-refractivity contribution in [1.82, 2.24) is 14.8 Å². The zero-order valence-electron chi connectivity index (χ0n) is 13.1. The minimum Gasteiger partial charge on any atom is -0.314 e. The Morgan fingerprint density at radius 3 is 2.65 bits per heavy atom. The molecule has 1 aromatic heterocycles. The van der Waals surface area contributed by atoms with E-state index in [0.29, 0.717) is 0 Å². The summed E-state index contributed by atoms with van der Waals surface area (Å²) in [5, 5.41) is 4.58. The van der Waals surface area contributed by atoms with Crippen molar-refractivity contribution in [3.63, 3.8) is 0 Å². The van der Waals surface area contributed by atoms with Crippen LogP contribution in [0.25, 0.3) is 10.9 Å². The summed E-state index contributed by atoms with van der Waals surface area (Å²) in [5.74, 6) is 0. The number of piperazine rings is 1. The molecule has 1 saturated heterocycles. The Morgan fingerprint density at radius 1 is 1.09 bits per heavy atom. The summed E-state index contributed by atoms with van der Waals surface area (Å²) >= 11 is 0. The number of rotatable bonds is 2. The molecule has 0 amide bonds. The molecule has 2 aliphatic heterocycles. The smallest absolute Gasteiger partial charge is 0.255 e. The molecular weight excluding hydrogens is 333 g/mol. The van der Waals surface area contributed by atoms with E-state index in [9.17, 15) is 4.79 Å². The lowest BCUT2D eigenvalue weighted by Crippen LogP contribution is -2.44. The van der Waals surface area contributed by atoms with Gasteiger partial charge >= 0.3 is 0 Å². The Bertz CT molecular complexity index is 738. The van der Waals surface area contributed by atoms with Crippen molar-refractivity contribution in [2.24, 2.45) is 0 Å². The molecule has 0 aliphatic carbocycles. The van der Waals surface area contributed by atoms with Gasteiger partial charge in [-0.3, -0.25) is 9.69 Å². The zero-order chi connectivity index (χ0) is 14.2. The Balaban J connectivity index is 0.000000960. The van der Waals surface area contributed by atoms with Crippen LogP contribution in [0, 0.1) is 0 Å². The predicted molar refractivity (Wildman–Crippen MR) is 99.2 cm³/mol. The highest BCUT2D eigenvalue weighted by Crippen LogP contribution is 2.24. The maximum absolute atomic E-state index is 12.8. The normalized spacial score (nSPS) is 17.4. The molecule has 1 fully saturated rings. The van der Waals surface area contributed by atoms with E-state index in [0.717, 1.165) is 63.2 Å². The number of para-hydroxylation sites is 1. The number of hydrogen-bond acceptors (Lipinski definition) is 3. The Hall–Kier alpha value is -1.07. The first-order valence-electron chi connectivity index (χ1n) is 7.90. The number of aromatic nitrogens is 1. The molecule has 3 heterocycles. The summed E-state index contributed by atoms with van der Waals surface area (Å²) in [4.78, 5) is 15.2. The highest BCUT2D eigenvalue weighted by Gasteiger charge is 2.18. The van der Waals surface area contributed by atoms with Crippen LogP contribution in [0.15, 0.2) is 29.1 Å². The Labute approximate surface area is 148 Å². The van der Waals surface area contributed by atoms with Crippen molar-refractivity contribution in [1.29, 1.82) is 0 Å². The molecule has 126 valence electrons. The molecule has 1 N–H and O–H groups in total. The van der Waals surface area contributed by atoms with Crippen LogP contribution in [-0.2, 0) is 19.5 Å². The highest BCUT2D eigenvalue weighted by atomic mass is 35.5. The maximum Gasteiger partial charge on any atom is 0.255 e. The minimum absolute atomic E-state index is 0. The highest BCUT2D eigenvalue weighted by molar-refractivity contribution is 5.85. The van der Waals surface area contributed by atoms with E-state index in [1.165, 1.54) is 10.9 Å². The molecule has 2 aromatic rings. The number of halogens is 2. The Kier molecular flexibility index (Phi) is 6.09. The van der Waals surface area contributed by atoms with E-state index < -0.39 is 0 Å². The molecule has 0 spiro atoms. The van der Waals surface area contributed by atoms with Crippen LogP contribution in [0.1, 0.15) is 17.5 Å². The lowest BCUT2D eigenvalue weighted by atomic mass is 10.00. The second kappa shape index (κ2) is 7.67. The lowest BCUT2D eigenvalue weighted by Gasteiger charge is -2.28. The Morgan fingerprint density at radius 2 is 1.87 bits per heavy atom. The fraction of sp³-hybridized carbons (Fsp3) is 0.471. The van der Waals surface area contributed by atoms with E-state index in [4.69, 9.17) is 0 Å². The first kappa shape index (κ1) is 18.3. The average molecular weight is 356 g/mol. The number of nitrogens with one attached hydrogen (secondary N) is 1. The van der Waals surface area contributed by atoms with Gasteiger partial charge in [-0.1, -0.05) is 18.2 Å². The molecule has 0 saturated carbocycles. The molecular formula is C17H23Cl2N3O. The minimum atomic E-state index is 0. The molecule has 23 heavy (non-hydrogen) atoms. The van der Waals surface area contributed by atoms with Crippen LogP contribution in [0.3, 0.4) is 0 Å². The van der Waals surface area contributed by atoms with Crippen LogP contribution in [0.2, 0.25) is 0 Å². The number of benzene rings is 1. The van der Waals surface area contributed by atoms with Gasteiger partial charge in [-0.2, -0.15) is 0 Å². The second-order valence-electron chi connectivity index (χ2n) is 6.11. The fourth-order valence-electron chi connectivity index (χ4n) is 3.65. The monoisotopic (exact) mass is 355 g/mol. The number of hydrogen-bond donors (Lipinski definition) is 1. The summed E-state index contributed by atoms with van der Waals surface area (Å²) in [6.45, 7) is 5.73. The molecule has 0 unspecified atom stereocenters. The van der Waals surface area contributed by atoms with Crippen molar-refractivity contribution in [3.8, 4) is 0 Å². The molecule has 4 rings (SSSR count). The van der Waals surface area contributed by atoms with E-state index in [2.05, 4.69) is 34.5 Å². The van der Waals surface area contributed by atoms with E-state index in [1.807, 2.05) is 4.57 Å². The van der Waals surface area contributed by atoms with Gasteiger partial charge in [0, 0.05) is 44.8 Å². The van der Waals surface area contributed by atoms with Gasteiger partial charge in [0.25, 0.3) is 5.56 Å². The van der Waals surface area contributed by atoms with Crippen molar-refractivity contribution >= 4 is 35.7 Å². The van der Waals surface area contributed by atoms with Gasteiger partial charge in [0.05, 0.1) is 5.52 Å². The van der Waals surface area contributed by atoms with Crippen LogP contribution in [-0.4, -0.2) is 35.6 Å². The third-order valence-corrected chi connectivity index (χ3v) is 4.70. The topological polar surface area (TPSA) is 37.3 Å². The summed E-state index contributed by atoms with van der Waals surface area (Å²) in [7, 11) is 0. The SMILES string of the molecule is Cl.Cl.O=c1c(CN2CCNCC2)cc2cccc3c2n1CCC3. The summed E-state index contributed by atoms with van der Waals surface area (Å²) in [6, 6.07) is 8.53. The summed E-state index contributed by atoms with van der Waals surface area (Å²) in [6.07, 6.45) is 2.16. The number of aryl methyl sites for hydroxylation is 2.